The highest BCUT2D eigenvalue weighted by molar-refractivity contribution is 5.69. The fourth-order valence-electron chi connectivity index (χ4n) is 3.35. The van der Waals surface area contributed by atoms with Crippen molar-refractivity contribution < 1.29 is 14.0 Å². The molecular formula is C13H30N5+3. The number of likely N-dealkylation sites (N-methyl/N-ethyl adjacent to an activating group) is 1. The minimum absolute atomic E-state index is 0.348. The van der Waals surface area contributed by atoms with Gasteiger partial charge in [-0.15, -0.1) is 0 Å². The van der Waals surface area contributed by atoms with E-state index in [-0.39, 0.29) is 0 Å². The fraction of sp³-hybridized carbons (Fsp3) is 0.923. The van der Waals surface area contributed by atoms with Gasteiger partial charge in [0, 0.05) is 0 Å². The summed E-state index contributed by atoms with van der Waals surface area (Å²) in [7, 11) is 2.42. The summed E-state index contributed by atoms with van der Waals surface area (Å²) in [5.41, 5.74) is 10.7. The molecule has 2 bridgehead atoms. The molecule has 3 heterocycles. The second-order valence-electron chi connectivity index (χ2n) is 6.47. The molecule has 3 saturated heterocycles. The predicted octanol–water partition coefficient (Wildman–Crippen LogP) is -2.20. The van der Waals surface area contributed by atoms with Crippen LogP contribution in [0.1, 0.15) is 19.3 Å². The van der Waals surface area contributed by atoms with Gasteiger partial charge < -0.3 is 8.97 Å². The topological polar surface area (TPSA) is 66.0 Å². The van der Waals surface area contributed by atoms with Gasteiger partial charge in [0.05, 0.1) is 20.1 Å². The van der Waals surface area contributed by atoms with Crippen molar-refractivity contribution in [2.75, 3.05) is 59.4 Å². The third-order valence-electron chi connectivity index (χ3n) is 4.98. The summed E-state index contributed by atoms with van der Waals surface area (Å²) in [6, 6.07) is 0. The second kappa shape index (κ2) is 5.45. The Morgan fingerprint density at radius 1 is 0.944 bits per heavy atom. The number of piperazine rings is 3. The molecule has 0 radical (unpaired) electrons. The Hall–Kier alpha value is -0.810. The number of unbranched alkanes of at least 4 members (excludes halogenated alkanes) is 2. The number of guanidine groups is 1. The number of fused-ring (bicyclic) bond motifs is 3. The van der Waals surface area contributed by atoms with Crippen LogP contribution >= 0.6 is 0 Å². The molecule has 0 unspecified atom stereocenters. The molecule has 0 aromatic rings. The maximum atomic E-state index is 5.36. The normalized spacial score (nSPS) is 34.5. The minimum atomic E-state index is 0.348. The first-order valence-electron chi connectivity index (χ1n) is 7.34. The lowest BCUT2D eigenvalue weighted by Gasteiger charge is -2.54. The maximum absolute atomic E-state index is 5.36. The van der Waals surface area contributed by atoms with Crippen molar-refractivity contribution >= 4 is 5.96 Å². The van der Waals surface area contributed by atoms with E-state index >= 15 is 0 Å². The molecule has 18 heavy (non-hydrogen) atoms. The molecule has 0 spiro atoms. The molecule has 3 fully saturated rings. The Labute approximate surface area is 111 Å². The highest BCUT2D eigenvalue weighted by atomic mass is 15.5. The zero-order valence-corrected chi connectivity index (χ0v) is 11.8. The smallest absolute Gasteiger partial charge is 0.312 e. The molecule has 5 heteroatoms. The maximum Gasteiger partial charge on any atom is 0.338 e. The highest BCUT2D eigenvalue weighted by Crippen LogP contribution is 2.25. The monoisotopic (exact) mass is 256 g/mol. The van der Waals surface area contributed by atoms with E-state index in [2.05, 4.69) is 12.0 Å². The number of nitrogens with two attached hydrogens (primary N) is 2. The van der Waals surface area contributed by atoms with E-state index in [0.717, 1.165) is 6.54 Å². The van der Waals surface area contributed by atoms with Crippen LogP contribution < -0.4 is 16.5 Å². The molecule has 0 saturated carbocycles. The number of nitrogens with one attached hydrogen (secondary N) is 1. The SMILES string of the molecule is C[N+]12CC[N+](CCCCC[NH+]=C(N)N)(CC1)CC2. The van der Waals surface area contributed by atoms with Crippen LogP contribution in [0.3, 0.4) is 0 Å². The van der Waals surface area contributed by atoms with E-state index in [0.29, 0.717) is 5.96 Å². The number of hydrogen-bond acceptors (Lipinski definition) is 0. The molecule has 3 aliphatic heterocycles. The predicted molar refractivity (Wildman–Crippen MR) is 73.6 cm³/mol. The summed E-state index contributed by atoms with van der Waals surface area (Å²) in [6.07, 6.45) is 3.80. The van der Waals surface area contributed by atoms with Crippen molar-refractivity contribution in [1.82, 2.24) is 0 Å². The Balaban J connectivity index is 1.64. The molecule has 0 aromatic carbocycles. The average Bonchev–Trinajstić information content (AvgIpc) is 2.35. The first kappa shape index (κ1) is 13.6. The number of nitrogens with zero attached hydrogens (tertiary/aromatic N) is 2. The van der Waals surface area contributed by atoms with Crippen molar-refractivity contribution in [3.63, 3.8) is 0 Å². The summed E-state index contributed by atoms with van der Waals surface area (Å²) in [5, 5.41) is 0. The summed E-state index contributed by atoms with van der Waals surface area (Å²) in [6.45, 7) is 10.7. The molecule has 0 aromatic heterocycles. The van der Waals surface area contributed by atoms with Gasteiger partial charge in [-0.05, 0) is 19.3 Å². The molecule has 0 aliphatic carbocycles. The lowest BCUT2D eigenvalue weighted by Crippen LogP contribution is -2.78. The number of rotatable bonds is 6. The summed E-state index contributed by atoms with van der Waals surface area (Å²) < 4.78 is 2.72. The minimum Gasteiger partial charge on any atom is -0.312 e. The first-order chi connectivity index (χ1) is 8.54. The Morgan fingerprint density at radius 3 is 2.11 bits per heavy atom. The van der Waals surface area contributed by atoms with Crippen LogP contribution in [0, 0.1) is 0 Å². The Kier molecular flexibility index (Phi) is 4.12. The van der Waals surface area contributed by atoms with Crippen LogP contribution in [0.25, 0.3) is 0 Å². The first-order valence-corrected chi connectivity index (χ1v) is 7.34. The van der Waals surface area contributed by atoms with E-state index in [1.807, 2.05) is 0 Å². The third kappa shape index (κ3) is 3.36. The summed E-state index contributed by atoms with van der Waals surface area (Å²) in [5.74, 6) is 0.348. The van der Waals surface area contributed by atoms with Gasteiger partial charge in [0.15, 0.2) is 0 Å². The number of quaternary nitrogens is 2. The van der Waals surface area contributed by atoms with Gasteiger partial charge in [0.1, 0.15) is 39.3 Å². The largest absolute Gasteiger partial charge is 0.338 e. The Morgan fingerprint density at radius 2 is 1.56 bits per heavy atom. The molecule has 0 atom stereocenters. The molecule has 0 amide bonds. The van der Waals surface area contributed by atoms with E-state index in [4.69, 9.17) is 11.5 Å². The van der Waals surface area contributed by atoms with E-state index in [9.17, 15) is 0 Å². The summed E-state index contributed by atoms with van der Waals surface area (Å²) >= 11 is 0. The van der Waals surface area contributed by atoms with E-state index in [1.165, 1.54) is 74.0 Å². The number of hydrogen-bond donors (Lipinski definition) is 3. The quantitative estimate of drug-likeness (QED) is 0.219. The molecule has 3 rings (SSSR count). The van der Waals surface area contributed by atoms with Crippen molar-refractivity contribution in [3.05, 3.63) is 0 Å². The van der Waals surface area contributed by atoms with Crippen LogP contribution in [0.5, 0.6) is 0 Å². The van der Waals surface area contributed by atoms with E-state index in [1.54, 1.807) is 0 Å². The van der Waals surface area contributed by atoms with Gasteiger partial charge >= 0.3 is 5.96 Å². The zero-order chi connectivity index (χ0) is 13.1. The Bertz CT molecular complexity index is 284. The molecule has 5 N–H and O–H groups in total. The standard InChI is InChI=1S/C13H29N5/c1-17-7-10-18(11-8-17,12-9-17)6-4-2-3-5-16-13(14)15/h2-12H2,1H3,(H4,14,15,16)/q+2/p+1. The van der Waals surface area contributed by atoms with E-state index < -0.39 is 0 Å². The van der Waals surface area contributed by atoms with Gasteiger partial charge in [-0.1, -0.05) is 0 Å². The summed E-state index contributed by atoms with van der Waals surface area (Å²) in [4.78, 5) is 2.98. The lowest BCUT2D eigenvalue weighted by molar-refractivity contribution is -1.07. The van der Waals surface area contributed by atoms with Crippen molar-refractivity contribution in [2.24, 2.45) is 11.5 Å². The second-order valence-corrected chi connectivity index (χ2v) is 6.47. The van der Waals surface area contributed by atoms with Crippen LogP contribution in [0.15, 0.2) is 0 Å². The van der Waals surface area contributed by atoms with Crippen molar-refractivity contribution in [3.8, 4) is 0 Å². The van der Waals surface area contributed by atoms with Gasteiger partial charge in [0.2, 0.25) is 0 Å². The van der Waals surface area contributed by atoms with Crippen LogP contribution in [0.2, 0.25) is 0 Å². The molecular weight excluding hydrogens is 226 g/mol. The van der Waals surface area contributed by atoms with Gasteiger partial charge in [-0.2, -0.15) is 0 Å². The van der Waals surface area contributed by atoms with Crippen molar-refractivity contribution in [2.45, 2.75) is 19.3 Å². The zero-order valence-electron chi connectivity index (χ0n) is 11.8. The van der Waals surface area contributed by atoms with Crippen LogP contribution in [-0.4, -0.2) is 74.3 Å². The molecule has 3 aliphatic rings. The fourth-order valence-corrected chi connectivity index (χ4v) is 3.35. The van der Waals surface area contributed by atoms with Gasteiger partial charge in [-0.25, -0.2) is 0 Å². The van der Waals surface area contributed by atoms with Crippen molar-refractivity contribution in [1.29, 1.82) is 0 Å². The lowest BCUT2D eigenvalue weighted by atomic mass is 10.1. The van der Waals surface area contributed by atoms with Crippen LogP contribution in [0.4, 0.5) is 0 Å². The van der Waals surface area contributed by atoms with Crippen LogP contribution in [-0.2, 0) is 0 Å². The highest BCUT2D eigenvalue weighted by Gasteiger charge is 2.45. The molecule has 5 nitrogen and oxygen atoms in total. The third-order valence-corrected chi connectivity index (χ3v) is 4.98. The molecule has 104 valence electrons. The van der Waals surface area contributed by atoms with Gasteiger partial charge in [0.25, 0.3) is 0 Å². The average molecular weight is 256 g/mol. The van der Waals surface area contributed by atoms with Gasteiger partial charge in [-0.3, -0.25) is 16.5 Å².